The van der Waals surface area contributed by atoms with E-state index in [9.17, 15) is 0 Å². The first-order chi connectivity index (χ1) is 8.26. The largest absolute Gasteiger partial charge is 0.359 e. The maximum Gasteiger partial charge on any atom is 0.183 e. The van der Waals surface area contributed by atoms with E-state index in [0.29, 0.717) is 5.17 Å². The van der Waals surface area contributed by atoms with Crippen molar-refractivity contribution in [1.29, 1.82) is 5.26 Å². The molecule has 4 nitrogen and oxygen atoms in total. The third-order valence-corrected chi connectivity index (χ3v) is 3.06. The molecule has 1 heterocycles. The Labute approximate surface area is 104 Å². The molecule has 0 aliphatic heterocycles. The molecule has 1 aromatic carbocycles. The highest BCUT2D eigenvalue weighted by atomic mass is 32.2. The molecule has 0 bridgehead atoms. The summed E-state index contributed by atoms with van der Waals surface area (Å²) in [7, 11) is 0. The molecular formula is C12H12N4S. The molecule has 0 fully saturated rings. The van der Waals surface area contributed by atoms with Crippen LogP contribution in [0, 0.1) is 18.4 Å². The van der Waals surface area contributed by atoms with Gasteiger partial charge in [-0.2, -0.15) is 5.26 Å². The average molecular weight is 244 g/mol. The Morgan fingerprint density at radius 1 is 1.53 bits per heavy atom. The summed E-state index contributed by atoms with van der Waals surface area (Å²) in [5, 5.41) is 12.9. The number of aromatic nitrogens is 1. The number of hydrogen-bond donors (Lipinski definition) is 2. The maximum atomic E-state index is 8.60. The van der Waals surface area contributed by atoms with Crippen molar-refractivity contribution in [3.8, 4) is 6.19 Å². The number of thioether (sulfide) groups is 1. The van der Waals surface area contributed by atoms with Crippen molar-refractivity contribution < 1.29 is 0 Å². The van der Waals surface area contributed by atoms with Crippen LogP contribution in [0.1, 0.15) is 5.56 Å². The minimum atomic E-state index is 0.590. The van der Waals surface area contributed by atoms with Gasteiger partial charge in [0.2, 0.25) is 0 Å². The van der Waals surface area contributed by atoms with Crippen LogP contribution < -0.4 is 5.32 Å². The molecule has 0 saturated carbocycles. The number of nitriles is 1. The molecule has 0 atom stereocenters. The van der Waals surface area contributed by atoms with Crippen LogP contribution in [0.15, 0.2) is 29.4 Å². The Bertz CT molecular complexity index is 606. The predicted molar refractivity (Wildman–Crippen MR) is 72.4 cm³/mol. The highest BCUT2D eigenvalue weighted by Crippen LogP contribution is 2.27. The minimum Gasteiger partial charge on any atom is -0.359 e. The van der Waals surface area contributed by atoms with E-state index in [4.69, 9.17) is 5.26 Å². The molecule has 0 radical (unpaired) electrons. The van der Waals surface area contributed by atoms with Crippen molar-refractivity contribution in [3.63, 3.8) is 0 Å². The van der Waals surface area contributed by atoms with Crippen molar-refractivity contribution in [1.82, 2.24) is 10.3 Å². The van der Waals surface area contributed by atoms with E-state index in [1.54, 1.807) is 0 Å². The van der Waals surface area contributed by atoms with Crippen molar-refractivity contribution >= 4 is 33.5 Å². The molecule has 0 aliphatic carbocycles. The lowest BCUT2D eigenvalue weighted by Crippen LogP contribution is -2.12. The second-order valence-electron chi connectivity index (χ2n) is 3.53. The van der Waals surface area contributed by atoms with Gasteiger partial charge in [-0.15, -0.1) is 0 Å². The van der Waals surface area contributed by atoms with Crippen LogP contribution in [-0.4, -0.2) is 16.4 Å². The van der Waals surface area contributed by atoms with Crippen LogP contribution in [0.5, 0.6) is 0 Å². The highest BCUT2D eigenvalue weighted by molar-refractivity contribution is 8.13. The fraction of sp³-hybridized carbons (Fsp3) is 0.167. The molecule has 2 N–H and O–H groups in total. The van der Waals surface area contributed by atoms with Gasteiger partial charge >= 0.3 is 0 Å². The van der Waals surface area contributed by atoms with E-state index in [-0.39, 0.29) is 0 Å². The zero-order valence-electron chi connectivity index (χ0n) is 9.61. The smallest absolute Gasteiger partial charge is 0.183 e. The summed E-state index contributed by atoms with van der Waals surface area (Å²) in [5.74, 6) is 0. The number of hydrogen-bond acceptors (Lipinski definition) is 3. The van der Waals surface area contributed by atoms with Gasteiger partial charge in [-0.1, -0.05) is 23.9 Å². The van der Waals surface area contributed by atoms with E-state index in [1.807, 2.05) is 30.8 Å². The van der Waals surface area contributed by atoms with E-state index in [2.05, 4.69) is 28.3 Å². The lowest BCUT2D eigenvalue weighted by atomic mass is 10.2. The highest BCUT2D eigenvalue weighted by Gasteiger charge is 2.04. The Morgan fingerprint density at radius 2 is 2.35 bits per heavy atom. The molecule has 1 aromatic heterocycles. The second-order valence-corrected chi connectivity index (χ2v) is 4.32. The van der Waals surface area contributed by atoms with Gasteiger partial charge in [0.25, 0.3) is 0 Å². The fourth-order valence-electron chi connectivity index (χ4n) is 1.65. The fourth-order valence-corrected chi connectivity index (χ4v) is 1.99. The first-order valence-electron chi connectivity index (χ1n) is 5.10. The number of aromatic amines is 1. The zero-order valence-corrected chi connectivity index (χ0v) is 10.4. The van der Waals surface area contributed by atoms with Crippen LogP contribution >= 0.6 is 11.8 Å². The van der Waals surface area contributed by atoms with Gasteiger partial charge in [0, 0.05) is 11.6 Å². The van der Waals surface area contributed by atoms with Gasteiger partial charge in [0.05, 0.1) is 11.2 Å². The number of aryl methyl sites for hydroxylation is 1. The number of amidine groups is 1. The first-order valence-corrected chi connectivity index (χ1v) is 6.33. The average Bonchev–Trinajstić information content (AvgIpc) is 2.72. The number of rotatable bonds is 1. The van der Waals surface area contributed by atoms with E-state index >= 15 is 0 Å². The van der Waals surface area contributed by atoms with Gasteiger partial charge in [-0.05, 0) is 24.8 Å². The summed E-state index contributed by atoms with van der Waals surface area (Å²) >= 11 is 1.41. The van der Waals surface area contributed by atoms with Crippen LogP contribution in [0.2, 0.25) is 0 Å². The van der Waals surface area contributed by atoms with Gasteiger partial charge in [0.1, 0.15) is 0 Å². The number of nitrogens with zero attached hydrogens (tertiary/aromatic N) is 2. The molecule has 0 aliphatic rings. The number of fused-ring (bicyclic) bond motifs is 1. The third kappa shape index (κ3) is 2.27. The lowest BCUT2D eigenvalue weighted by molar-refractivity contribution is 1.28. The van der Waals surface area contributed by atoms with Crippen molar-refractivity contribution in [2.45, 2.75) is 6.92 Å². The van der Waals surface area contributed by atoms with Crippen molar-refractivity contribution in [3.05, 3.63) is 30.0 Å². The van der Waals surface area contributed by atoms with Gasteiger partial charge < -0.3 is 4.98 Å². The summed E-state index contributed by atoms with van der Waals surface area (Å²) < 4.78 is 0. The number of H-pyrrole nitrogens is 1. The van der Waals surface area contributed by atoms with Gasteiger partial charge in [0.15, 0.2) is 11.4 Å². The Hall–Kier alpha value is -1.93. The molecule has 17 heavy (non-hydrogen) atoms. The molecule has 0 spiro atoms. The Morgan fingerprint density at radius 3 is 3.06 bits per heavy atom. The lowest BCUT2D eigenvalue weighted by Gasteiger charge is -2.01. The van der Waals surface area contributed by atoms with E-state index in [1.165, 1.54) is 17.3 Å². The third-order valence-electron chi connectivity index (χ3n) is 2.48. The SMILES string of the molecule is CSC(=Nc1cccc2c(C)c[nH]c12)NC#N. The monoisotopic (exact) mass is 244 g/mol. The number of benzene rings is 1. The summed E-state index contributed by atoms with van der Waals surface area (Å²) in [5.41, 5.74) is 3.02. The molecule has 86 valence electrons. The van der Waals surface area contributed by atoms with E-state index in [0.717, 1.165) is 16.6 Å². The quantitative estimate of drug-likeness (QED) is 0.351. The normalized spacial score (nSPS) is 11.5. The number of nitrogens with one attached hydrogen (secondary N) is 2. The Kier molecular flexibility index (Phi) is 3.35. The summed E-state index contributed by atoms with van der Waals surface area (Å²) in [4.78, 5) is 7.62. The summed E-state index contributed by atoms with van der Waals surface area (Å²) in [6, 6.07) is 5.94. The molecule has 0 amide bonds. The van der Waals surface area contributed by atoms with Gasteiger partial charge in [-0.3, -0.25) is 5.32 Å². The number of para-hydroxylation sites is 1. The minimum absolute atomic E-state index is 0.590. The first kappa shape index (κ1) is 11.6. The number of aliphatic imine (C=N–C) groups is 1. The Balaban J connectivity index is 2.52. The summed E-state index contributed by atoms with van der Waals surface area (Å²) in [6.45, 7) is 2.05. The predicted octanol–water partition coefficient (Wildman–Crippen LogP) is 2.90. The maximum absolute atomic E-state index is 8.60. The topological polar surface area (TPSA) is 64.0 Å². The van der Waals surface area contributed by atoms with Crippen molar-refractivity contribution in [2.75, 3.05) is 6.26 Å². The van der Waals surface area contributed by atoms with Crippen molar-refractivity contribution in [2.24, 2.45) is 4.99 Å². The van der Waals surface area contributed by atoms with Crippen LogP contribution in [0.25, 0.3) is 10.9 Å². The standard InChI is InChI=1S/C12H12N4S/c1-8-6-14-11-9(8)4-3-5-10(11)16-12(17-2)15-7-13/h3-6,14H,1-2H3,(H,15,16). The molecule has 2 rings (SSSR count). The zero-order chi connectivity index (χ0) is 12.3. The molecule has 0 saturated heterocycles. The van der Waals surface area contributed by atoms with Crippen LogP contribution in [-0.2, 0) is 0 Å². The molecule has 2 aromatic rings. The van der Waals surface area contributed by atoms with E-state index < -0.39 is 0 Å². The molecular weight excluding hydrogens is 232 g/mol. The second kappa shape index (κ2) is 4.93. The van der Waals surface area contributed by atoms with Crippen LogP contribution in [0.3, 0.4) is 0 Å². The molecule has 0 unspecified atom stereocenters. The van der Waals surface area contributed by atoms with Gasteiger partial charge in [-0.25, -0.2) is 4.99 Å². The van der Waals surface area contributed by atoms with Crippen LogP contribution in [0.4, 0.5) is 5.69 Å². The summed E-state index contributed by atoms with van der Waals surface area (Å²) in [6.07, 6.45) is 5.72. The molecule has 5 heteroatoms.